The topological polar surface area (TPSA) is 15.3 Å². The monoisotopic (exact) mass is 222 g/mol. The fourth-order valence-electron chi connectivity index (χ4n) is 3.72. The van der Waals surface area contributed by atoms with Crippen molar-refractivity contribution < 1.29 is 0 Å². The summed E-state index contributed by atoms with van der Waals surface area (Å²) in [7, 11) is 2.36. The van der Waals surface area contributed by atoms with Crippen LogP contribution >= 0.6 is 0 Å². The van der Waals surface area contributed by atoms with E-state index >= 15 is 0 Å². The average Bonchev–Trinajstić information content (AvgIpc) is 3.03. The van der Waals surface area contributed by atoms with Crippen LogP contribution in [0, 0.1) is 5.92 Å². The Kier molecular flexibility index (Phi) is 2.97. The molecule has 0 amide bonds. The van der Waals surface area contributed by atoms with E-state index in [9.17, 15) is 0 Å². The fourth-order valence-corrected chi connectivity index (χ4v) is 3.72. The van der Waals surface area contributed by atoms with Crippen LogP contribution in [0.15, 0.2) is 0 Å². The summed E-state index contributed by atoms with van der Waals surface area (Å²) in [6, 6.07) is 3.32. The Labute approximate surface area is 99.8 Å². The molecule has 92 valence electrons. The van der Waals surface area contributed by atoms with Gasteiger partial charge >= 0.3 is 0 Å². The van der Waals surface area contributed by atoms with Gasteiger partial charge in [-0.15, -0.1) is 0 Å². The zero-order valence-electron chi connectivity index (χ0n) is 10.8. The number of piperidine rings is 1. The molecule has 2 bridgehead atoms. The minimum Gasteiger partial charge on any atom is -0.311 e. The second-order valence-corrected chi connectivity index (χ2v) is 6.46. The molecule has 3 atom stereocenters. The molecule has 2 nitrogen and oxygen atoms in total. The van der Waals surface area contributed by atoms with Gasteiger partial charge < -0.3 is 10.2 Å². The van der Waals surface area contributed by atoms with Crippen molar-refractivity contribution in [2.45, 2.75) is 76.0 Å². The van der Waals surface area contributed by atoms with E-state index in [1.165, 1.54) is 44.9 Å². The third-order valence-electron chi connectivity index (χ3n) is 5.09. The molecule has 2 heteroatoms. The van der Waals surface area contributed by atoms with Crippen molar-refractivity contribution in [1.29, 1.82) is 0 Å². The Bertz CT molecular complexity index is 237. The van der Waals surface area contributed by atoms with Gasteiger partial charge in [-0.3, -0.25) is 0 Å². The largest absolute Gasteiger partial charge is 0.311 e. The van der Waals surface area contributed by atoms with Crippen molar-refractivity contribution in [3.63, 3.8) is 0 Å². The quantitative estimate of drug-likeness (QED) is 0.786. The second kappa shape index (κ2) is 4.30. The highest BCUT2D eigenvalue weighted by Crippen LogP contribution is 2.36. The summed E-state index contributed by atoms with van der Waals surface area (Å²) in [5.74, 6) is 1.07. The molecule has 0 spiro atoms. The molecule has 0 aromatic carbocycles. The molecule has 3 unspecified atom stereocenters. The molecule has 0 aromatic rings. The summed E-state index contributed by atoms with van der Waals surface area (Å²) >= 11 is 0. The van der Waals surface area contributed by atoms with Crippen LogP contribution in [0.25, 0.3) is 0 Å². The average molecular weight is 222 g/mol. The minimum atomic E-state index is 0.801. The van der Waals surface area contributed by atoms with Gasteiger partial charge in [0.25, 0.3) is 0 Å². The van der Waals surface area contributed by atoms with Crippen molar-refractivity contribution in [3.05, 3.63) is 0 Å². The molecule has 3 aliphatic rings. The molecule has 16 heavy (non-hydrogen) atoms. The van der Waals surface area contributed by atoms with Crippen LogP contribution in [-0.4, -0.2) is 36.1 Å². The number of nitrogens with zero attached hydrogens (tertiary/aromatic N) is 1. The van der Waals surface area contributed by atoms with Crippen LogP contribution in [0.3, 0.4) is 0 Å². The van der Waals surface area contributed by atoms with Crippen LogP contribution < -0.4 is 5.32 Å². The number of fused-ring (bicyclic) bond motifs is 2. The summed E-state index contributed by atoms with van der Waals surface area (Å²) in [6.07, 6.45) is 10.1. The molecule has 3 rings (SSSR count). The van der Waals surface area contributed by atoms with Gasteiger partial charge in [0.2, 0.25) is 0 Å². The summed E-state index contributed by atoms with van der Waals surface area (Å²) in [6.45, 7) is 2.43. The molecule has 1 aliphatic carbocycles. The molecule has 0 aromatic heterocycles. The first-order valence-electron chi connectivity index (χ1n) is 7.20. The minimum absolute atomic E-state index is 0.801. The van der Waals surface area contributed by atoms with Crippen molar-refractivity contribution in [3.8, 4) is 0 Å². The van der Waals surface area contributed by atoms with Gasteiger partial charge in [0.05, 0.1) is 0 Å². The summed E-state index contributed by atoms with van der Waals surface area (Å²) < 4.78 is 0. The van der Waals surface area contributed by atoms with Gasteiger partial charge in [0, 0.05) is 24.2 Å². The zero-order chi connectivity index (χ0) is 11.1. The first-order valence-corrected chi connectivity index (χ1v) is 7.20. The number of hydrogen-bond acceptors (Lipinski definition) is 2. The van der Waals surface area contributed by atoms with Gasteiger partial charge in [-0.25, -0.2) is 0 Å². The number of nitrogens with one attached hydrogen (secondary N) is 1. The highest BCUT2D eigenvalue weighted by Gasteiger charge is 2.36. The van der Waals surface area contributed by atoms with E-state index in [1.807, 2.05) is 0 Å². The SMILES string of the molecule is CC(CC1CC1)N(C)C1CC2CCC(C1)N2. The summed E-state index contributed by atoms with van der Waals surface area (Å²) in [5.41, 5.74) is 0. The third kappa shape index (κ3) is 2.28. The maximum absolute atomic E-state index is 3.74. The van der Waals surface area contributed by atoms with E-state index in [2.05, 4.69) is 24.2 Å². The van der Waals surface area contributed by atoms with E-state index in [4.69, 9.17) is 0 Å². The Morgan fingerprint density at radius 2 is 1.75 bits per heavy atom. The lowest BCUT2D eigenvalue weighted by Crippen LogP contribution is -2.49. The van der Waals surface area contributed by atoms with Crippen LogP contribution in [0.2, 0.25) is 0 Å². The Morgan fingerprint density at radius 3 is 2.31 bits per heavy atom. The molecule has 3 fully saturated rings. The van der Waals surface area contributed by atoms with E-state index in [-0.39, 0.29) is 0 Å². The smallest absolute Gasteiger partial charge is 0.0125 e. The fraction of sp³-hybridized carbons (Fsp3) is 1.00. The first kappa shape index (κ1) is 11.0. The van der Waals surface area contributed by atoms with Crippen LogP contribution in [0.5, 0.6) is 0 Å². The predicted octanol–water partition coefficient (Wildman–Crippen LogP) is 2.39. The molecule has 2 aliphatic heterocycles. The molecular weight excluding hydrogens is 196 g/mol. The number of rotatable bonds is 4. The van der Waals surface area contributed by atoms with Crippen molar-refractivity contribution >= 4 is 0 Å². The molecule has 1 saturated carbocycles. The van der Waals surface area contributed by atoms with Crippen molar-refractivity contribution in [2.75, 3.05) is 7.05 Å². The molecule has 1 N–H and O–H groups in total. The predicted molar refractivity (Wildman–Crippen MR) is 67.5 cm³/mol. The lowest BCUT2D eigenvalue weighted by atomic mass is 9.96. The standard InChI is InChI=1S/C14H26N2/c1-10(7-11-3-4-11)16(2)14-8-12-5-6-13(9-14)15-12/h10-15H,3-9H2,1-2H3. The first-order chi connectivity index (χ1) is 7.72. The molecule has 2 saturated heterocycles. The number of hydrogen-bond donors (Lipinski definition) is 1. The van der Waals surface area contributed by atoms with Crippen LogP contribution in [0.4, 0.5) is 0 Å². The maximum atomic E-state index is 3.74. The zero-order valence-corrected chi connectivity index (χ0v) is 10.8. The lowest BCUT2D eigenvalue weighted by Gasteiger charge is -2.39. The normalized spacial score (nSPS) is 40.3. The van der Waals surface area contributed by atoms with E-state index < -0.39 is 0 Å². The van der Waals surface area contributed by atoms with Gasteiger partial charge in [-0.1, -0.05) is 12.8 Å². The van der Waals surface area contributed by atoms with Gasteiger partial charge in [-0.2, -0.15) is 0 Å². The van der Waals surface area contributed by atoms with Gasteiger partial charge in [-0.05, 0) is 52.0 Å². The van der Waals surface area contributed by atoms with Crippen LogP contribution in [-0.2, 0) is 0 Å². The maximum Gasteiger partial charge on any atom is 0.0125 e. The Morgan fingerprint density at radius 1 is 1.12 bits per heavy atom. The van der Waals surface area contributed by atoms with E-state index in [0.717, 1.165) is 30.1 Å². The third-order valence-corrected chi connectivity index (χ3v) is 5.09. The van der Waals surface area contributed by atoms with Gasteiger partial charge in [0.1, 0.15) is 0 Å². The Balaban J connectivity index is 1.54. The molecule has 2 heterocycles. The van der Waals surface area contributed by atoms with E-state index in [0.29, 0.717) is 0 Å². The van der Waals surface area contributed by atoms with Crippen molar-refractivity contribution in [1.82, 2.24) is 10.2 Å². The van der Waals surface area contributed by atoms with Crippen LogP contribution in [0.1, 0.15) is 51.9 Å². The van der Waals surface area contributed by atoms with Gasteiger partial charge in [0.15, 0.2) is 0 Å². The summed E-state index contributed by atoms with van der Waals surface area (Å²) in [4.78, 5) is 2.68. The lowest BCUT2D eigenvalue weighted by molar-refractivity contribution is 0.124. The highest BCUT2D eigenvalue weighted by atomic mass is 15.2. The second-order valence-electron chi connectivity index (χ2n) is 6.46. The Hall–Kier alpha value is -0.0800. The van der Waals surface area contributed by atoms with Crippen molar-refractivity contribution in [2.24, 2.45) is 5.92 Å². The molecule has 0 radical (unpaired) electrons. The summed E-state index contributed by atoms with van der Waals surface area (Å²) in [5, 5.41) is 3.74. The van der Waals surface area contributed by atoms with E-state index in [1.54, 1.807) is 0 Å². The molecular formula is C14H26N2. The highest BCUT2D eigenvalue weighted by molar-refractivity contribution is 4.96.